The summed E-state index contributed by atoms with van der Waals surface area (Å²) in [5.74, 6) is 0.278. The quantitative estimate of drug-likeness (QED) is 0.916. The Bertz CT molecular complexity index is 740. The van der Waals surface area contributed by atoms with E-state index in [0.717, 1.165) is 43.4 Å². The van der Waals surface area contributed by atoms with Gasteiger partial charge in [0.25, 0.3) is 5.91 Å². The van der Waals surface area contributed by atoms with Gasteiger partial charge in [-0.15, -0.1) is 0 Å². The number of hydrogen-bond acceptors (Lipinski definition) is 6. The Kier molecular flexibility index (Phi) is 5.14. The largest absolute Gasteiger partial charge is 0.378 e. The van der Waals surface area contributed by atoms with E-state index in [-0.39, 0.29) is 5.91 Å². The summed E-state index contributed by atoms with van der Waals surface area (Å²) in [4.78, 5) is 25.1. The van der Waals surface area contributed by atoms with Crippen molar-refractivity contribution >= 4 is 23.2 Å². The molecule has 1 aliphatic heterocycles. The van der Waals surface area contributed by atoms with Crippen LogP contribution >= 0.6 is 0 Å². The van der Waals surface area contributed by atoms with Crippen molar-refractivity contribution in [1.82, 2.24) is 9.97 Å². The lowest BCUT2D eigenvalue weighted by Crippen LogP contribution is -2.36. The number of hydrogen-bond donors (Lipinski definition) is 1. The highest BCUT2D eigenvalue weighted by atomic mass is 16.5. The van der Waals surface area contributed by atoms with Crippen LogP contribution < -0.4 is 15.1 Å². The Hall–Kier alpha value is -2.67. The molecule has 1 amide bonds. The van der Waals surface area contributed by atoms with Crippen molar-refractivity contribution in [1.29, 1.82) is 0 Å². The summed E-state index contributed by atoms with van der Waals surface area (Å²) in [6.07, 6.45) is 0. The minimum Gasteiger partial charge on any atom is -0.378 e. The van der Waals surface area contributed by atoms with Crippen LogP contribution in [0.25, 0.3) is 0 Å². The molecule has 0 aliphatic carbocycles. The van der Waals surface area contributed by atoms with Gasteiger partial charge in [0.2, 0.25) is 5.95 Å². The van der Waals surface area contributed by atoms with E-state index in [1.165, 1.54) is 0 Å². The molecule has 2 heterocycles. The maximum absolute atomic E-state index is 12.5. The Balaban J connectivity index is 1.70. The zero-order valence-electron chi connectivity index (χ0n) is 14.8. The van der Waals surface area contributed by atoms with Crippen LogP contribution in [-0.2, 0) is 4.74 Å². The molecule has 7 heteroatoms. The predicted molar refractivity (Wildman–Crippen MR) is 98.5 cm³/mol. The first-order valence-electron chi connectivity index (χ1n) is 8.30. The van der Waals surface area contributed by atoms with E-state index < -0.39 is 0 Å². The highest BCUT2D eigenvalue weighted by Crippen LogP contribution is 2.19. The summed E-state index contributed by atoms with van der Waals surface area (Å²) < 4.78 is 5.37. The molecule has 2 aromatic rings. The minimum absolute atomic E-state index is 0.243. The normalized spacial score (nSPS) is 14.3. The van der Waals surface area contributed by atoms with Gasteiger partial charge in [0.1, 0.15) is 5.69 Å². The SMILES string of the molecule is Cc1cc(C(=O)Nc2ccc(N3CCOCC3)cc2)nc(N(C)C)n1. The van der Waals surface area contributed by atoms with Gasteiger partial charge < -0.3 is 19.9 Å². The Morgan fingerprint density at radius 3 is 2.48 bits per heavy atom. The maximum Gasteiger partial charge on any atom is 0.274 e. The molecule has 0 spiro atoms. The van der Waals surface area contributed by atoms with Gasteiger partial charge in [0, 0.05) is 44.3 Å². The van der Waals surface area contributed by atoms with Crippen LogP contribution in [0.3, 0.4) is 0 Å². The average Bonchev–Trinajstić information content (AvgIpc) is 2.62. The molecule has 0 radical (unpaired) electrons. The number of ether oxygens (including phenoxy) is 1. The minimum atomic E-state index is -0.243. The van der Waals surface area contributed by atoms with Crippen molar-refractivity contribution < 1.29 is 9.53 Å². The zero-order chi connectivity index (χ0) is 17.8. The molecule has 0 bridgehead atoms. The fourth-order valence-electron chi connectivity index (χ4n) is 2.64. The summed E-state index contributed by atoms with van der Waals surface area (Å²) in [5, 5.41) is 2.89. The molecule has 1 fully saturated rings. The van der Waals surface area contributed by atoms with E-state index in [1.54, 1.807) is 11.0 Å². The number of nitrogens with one attached hydrogen (secondary N) is 1. The number of morpholine rings is 1. The van der Waals surface area contributed by atoms with E-state index in [0.29, 0.717) is 11.6 Å². The average molecular weight is 341 g/mol. The topological polar surface area (TPSA) is 70.6 Å². The maximum atomic E-state index is 12.5. The zero-order valence-corrected chi connectivity index (χ0v) is 14.8. The summed E-state index contributed by atoms with van der Waals surface area (Å²) >= 11 is 0. The lowest BCUT2D eigenvalue weighted by molar-refractivity contribution is 0.102. The molecule has 0 unspecified atom stereocenters. The van der Waals surface area contributed by atoms with Crippen LogP contribution in [0, 0.1) is 6.92 Å². The third kappa shape index (κ3) is 4.24. The second-order valence-electron chi connectivity index (χ2n) is 6.19. The molecule has 1 N–H and O–H groups in total. The van der Waals surface area contributed by atoms with Crippen LogP contribution in [0.15, 0.2) is 30.3 Å². The molecule has 7 nitrogen and oxygen atoms in total. The van der Waals surface area contributed by atoms with Crippen molar-refractivity contribution in [3.63, 3.8) is 0 Å². The highest BCUT2D eigenvalue weighted by Gasteiger charge is 2.13. The van der Waals surface area contributed by atoms with Gasteiger partial charge in [-0.25, -0.2) is 9.97 Å². The Morgan fingerprint density at radius 1 is 1.16 bits per heavy atom. The molecule has 1 aliphatic rings. The van der Waals surface area contributed by atoms with Gasteiger partial charge in [-0.3, -0.25) is 4.79 Å². The smallest absolute Gasteiger partial charge is 0.274 e. The van der Waals surface area contributed by atoms with Crippen LogP contribution in [0.1, 0.15) is 16.2 Å². The van der Waals surface area contributed by atoms with Crippen LogP contribution in [-0.4, -0.2) is 56.3 Å². The van der Waals surface area contributed by atoms with Gasteiger partial charge in [-0.2, -0.15) is 0 Å². The van der Waals surface area contributed by atoms with E-state index in [2.05, 4.69) is 20.2 Å². The molecule has 0 saturated carbocycles. The number of aromatic nitrogens is 2. The number of benzene rings is 1. The molecule has 3 rings (SSSR count). The summed E-state index contributed by atoms with van der Waals surface area (Å²) in [7, 11) is 3.70. The van der Waals surface area contributed by atoms with Gasteiger partial charge in [-0.05, 0) is 37.3 Å². The second kappa shape index (κ2) is 7.48. The molecule has 0 atom stereocenters. The monoisotopic (exact) mass is 341 g/mol. The number of amides is 1. The second-order valence-corrected chi connectivity index (χ2v) is 6.19. The number of carbonyl (C=O) groups excluding carboxylic acids is 1. The van der Waals surface area contributed by atoms with E-state index in [9.17, 15) is 4.79 Å². The molecule has 1 aromatic carbocycles. The molecule has 132 valence electrons. The summed E-state index contributed by atoms with van der Waals surface area (Å²) in [5.41, 5.74) is 2.98. The summed E-state index contributed by atoms with van der Waals surface area (Å²) in [6.45, 7) is 5.13. The first-order chi connectivity index (χ1) is 12.0. The molecule has 1 aromatic heterocycles. The van der Waals surface area contributed by atoms with Crippen molar-refractivity contribution in [3.05, 3.63) is 41.7 Å². The molecule has 25 heavy (non-hydrogen) atoms. The van der Waals surface area contributed by atoms with Crippen molar-refractivity contribution in [2.24, 2.45) is 0 Å². The summed E-state index contributed by atoms with van der Waals surface area (Å²) in [6, 6.07) is 9.52. The fraction of sp³-hybridized carbons (Fsp3) is 0.389. The number of nitrogens with zero attached hydrogens (tertiary/aromatic N) is 4. The lowest BCUT2D eigenvalue weighted by Gasteiger charge is -2.28. The number of rotatable bonds is 4. The van der Waals surface area contributed by atoms with Crippen molar-refractivity contribution in [2.45, 2.75) is 6.92 Å². The van der Waals surface area contributed by atoms with Crippen molar-refractivity contribution in [2.75, 3.05) is 55.5 Å². The van der Waals surface area contributed by atoms with Gasteiger partial charge in [0.15, 0.2) is 0 Å². The van der Waals surface area contributed by atoms with Crippen LogP contribution in [0.4, 0.5) is 17.3 Å². The van der Waals surface area contributed by atoms with E-state index in [1.807, 2.05) is 45.3 Å². The number of carbonyl (C=O) groups is 1. The number of anilines is 3. The van der Waals surface area contributed by atoms with E-state index in [4.69, 9.17) is 4.74 Å². The van der Waals surface area contributed by atoms with Crippen LogP contribution in [0.2, 0.25) is 0 Å². The third-order valence-electron chi connectivity index (χ3n) is 3.98. The van der Waals surface area contributed by atoms with Crippen molar-refractivity contribution in [3.8, 4) is 0 Å². The third-order valence-corrected chi connectivity index (χ3v) is 3.98. The standard InChI is InChI=1S/C18H23N5O2/c1-13-12-16(21-18(19-13)22(2)3)17(24)20-14-4-6-15(7-5-14)23-8-10-25-11-9-23/h4-7,12H,8-11H2,1-3H3,(H,20,24). The van der Waals surface area contributed by atoms with Gasteiger partial charge in [-0.1, -0.05) is 0 Å². The van der Waals surface area contributed by atoms with Gasteiger partial charge >= 0.3 is 0 Å². The lowest BCUT2D eigenvalue weighted by atomic mass is 10.2. The molecule has 1 saturated heterocycles. The van der Waals surface area contributed by atoms with Crippen LogP contribution in [0.5, 0.6) is 0 Å². The highest BCUT2D eigenvalue weighted by molar-refractivity contribution is 6.03. The molecular weight excluding hydrogens is 318 g/mol. The number of aryl methyl sites for hydroxylation is 1. The Labute approximate surface area is 147 Å². The fourth-order valence-corrected chi connectivity index (χ4v) is 2.64. The Morgan fingerprint density at radius 2 is 1.84 bits per heavy atom. The first-order valence-corrected chi connectivity index (χ1v) is 8.30. The van der Waals surface area contributed by atoms with Gasteiger partial charge in [0.05, 0.1) is 13.2 Å². The molecular formula is C18H23N5O2. The van der Waals surface area contributed by atoms with E-state index >= 15 is 0 Å². The first kappa shape index (κ1) is 17.2. The predicted octanol–water partition coefficient (Wildman–Crippen LogP) is 1.94.